The van der Waals surface area contributed by atoms with E-state index in [1.807, 2.05) is 25.1 Å². The molecule has 3 aromatic rings. The number of rotatable bonds is 6. The SMILES string of the molecule is COCc1cc(NC(C)c2noc(-c3ccc(Cl)cc3)n2)nc(C(C)(C)C)n1. The van der Waals surface area contributed by atoms with E-state index >= 15 is 0 Å². The molecule has 1 N–H and O–H groups in total. The van der Waals surface area contributed by atoms with Gasteiger partial charge in [0.05, 0.1) is 18.3 Å². The Morgan fingerprint density at radius 3 is 2.50 bits per heavy atom. The fourth-order valence-electron chi connectivity index (χ4n) is 2.54. The Morgan fingerprint density at radius 1 is 1.14 bits per heavy atom. The van der Waals surface area contributed by atoms with Crippen molar-refractivity contribution >= 4 is 17.4 Å². The third-order valence-corrected chi connectivity index (χ3v) is 4.28. The lowest BCUT2D eigenvalue weighted by atomic mass is 9.95. The van der Waals surface area contributed by atoms with Crippen molar-refractivity contribution in [1.82, 2.24) is 20.1 Å². The molecule has 0 saturated carbocycles. The second-order valence-electron chi connectivity index (χ2n) is 7.58. The number of ether oxygens (including phenoxy) is 1. The molecule has 2 aromatic heterocycles. The lowest BCUT2D eigenvalue weighted by Crippen LogP contribution is -2.19. The summed E-state index contributed by atoms with van der Waals surface area (Å²) in [5.74, 6) is 2.41. The predicted octanol–water partition coefficient (Wildman–Crippen LogP) is 4.80. The molecule has 1 unspecified atom stereocenters. The molecule has 28 heavy (non-hydrogen) atoms. The normalized spacial score (nSPS) is 12.8. The summed E-state index contributed by atoms with van der Waals surface area (Å²) in [6, 6.07) is 8.92. The van der Waals surface area contributed by atoms with E-state index in [1.54, 1.807) is 19.2 Å². The monoisotopic (exact) mass is 401 g/mol. The van der Waals surface area contributed by atoms with Crippen LogP contribution in [0.3, 0.4) is 0 Å². The van der Waals surface area contributed by atoms with E-state index in [-0.39, 0.29) is 11.5 Å². The van der Waals surface area contributed by atoms with Gasteiger partial charge in [-0.2, -0.15) is 4.98 Å². The van der Waals surface area contributed by atoms with E-state index in [0.717, 1.165) is 17.1 Å². The van der Waals surface area contributed by atoms with Gasteiger partial charge in [0.25, 0.3) is 5.89 Å². The first kappa shape index (κ1) is 20.2. The first-order valence-corrected chi connectivity index (χ1v) is 9.37. The molecule has 2 heterocycles. The fourth-order valence-corrected chi connectivity index (χ4v) is 2.66. The summed E-state index contributed by atoms with van der Waals surface area (Å²) >= 11 is 5.93. The van der Waals surface area contributed by atoms with Gasteiger partial charge in [-0.1, -0.05) is 37.5 Å². The lowest BCUT2D eigenvalue weighted by Gasteiger charge is -2.20. The number of halogens is 1. The molecule has 1 aromatic carbocycles. The molecule has 3 rings (SSSR count). The third kappa shape index (κ3) is 4.85. The quantitative estimate of drug-likeness (QED) is 0.634. The van der Waals surface area contributed by atoms with Crippen molar-refractivity contribution in [1.29, 1.82) is 0 Å². The molecule has 1 atom stereocenters. The van der Waals surface area contributed by atoms with Crippen molar-refractivity contribution in [3.05, 3.63) is 52.7 Å². The van der Waals surface area contributed by atoms with Crippen LogP contribution in [0.5, 0.6) is 0 Å². The van der Waals surface area contributed by atoms with E-state index in [2.05, 4.69) is 46.2 Å². The molecule has 7 nitrogen and oxygen atoms in total. The molecule has 0 radical (unpaired) electrons. The Kier molecular flexibility index (Phi) is 5.96. The van der Waals surface area contributed by atoms with E-state index in [0.29, 0.717) is 29.2 Å². The highest BCUT2D eigenvalue weighted by Crippen LogP contribution is 2.25. The van der Waals surface area contributed by atoms with E-state index < -0.39 is 0 Å². The molecule has 148 valence electrons. The summed E-state index contributed by atoms with van der Waals surface area (Å²) in [6.45, 7) is 8.58. The summed E-state index contributed by atoms with van der Waals surface area (Å²) in [5, 5.41) is 8.08. The minimum Gasteiger partial charge on any atom is -0.378 e. The van der Waals surface area contributed by atoms with E-state index in [9.17, 15) is 0 Å². The van der Waals surface area contributed by atoms with E-state index in [1.165, 1.54) is 0 Å². The van der Waals surface area contributed by atoms with Gasteiger partial charge in [0.15, 0.2) is 5.82 Å². The fraction of sp³-hybridized carbons (Fsp3) is 0.400. The molecule has 0 amide bonds. The van der Waals surface area contributed by atoms with E-state index in [4.69, 9.17) is 20.9 Å². The minimum absolute atomic E-state index is 0.183. The van der Waals surface area contributed by atoms with Gasteiger partial charge in [-0.05, 0) is 31.2 Å². The second kappa shape index (κ2) is 8.24. The number of anilines is 1. The van der Waals surface area contributed by atoms with Crippen LogP contribution in [0.4, 0.5) is 5.82 Å². The average molecular weight is 402 g/mol. The number of nitrogens with zero attached hydrogens (tertiary/aromatic N) is 4. The van der Waals surface area contributed by atoms with Gasteiger partial charge >= 0.3 is 0 Å². The Morgan fingerprint density at radius 2 is 1.86 bits per heavy atom. The zero-order valence-corrected chi connectivity index (χ0v) is 17.4. The van der Waals surface area contributed by atoms with Gasteiger partial charge in [0.2, 0.25) is 0 Å². The summed E-state index contributed by atoms with van der Waals surface area (Å²) in [6.07, 6.45) is 0. The van der Waals surface area contributed by atoms with Crippen LogP contribution >= 0.6 is 11.6 Å². The number of benzene rings is 1. The average Bonchev–Trinajstić information content (AvgIpc) is 3.12. The Hall–Kier alpha value is -2.51. The van der Waals surface area contributed by atoms with Crippen molar-refractivity contribution < 1.29 is 9.26 Å². The zero-order chi connectivity index (χ0) is 20.3. The second-order valence-corrected chi connectivity index (χ2v) is 8.02. The smallest absolute Gasteiger partial charge is 0.257 e. The van der Waals surface area contributed by atoms with Crippen LogP contribution < -0.4 is 5.32 Å². The number of aromatic nitrogens is 4. The van der Waals surface area contributed by atoms with Crippen molar-refractivity contribution in [3.8, 4) is 11.5 Å². The van der Waals surface area contributed by atoms with Crippen molar-refractivity contribution in [3.63, 3.8) is 0 Å². The number of nitrogens with one attached hydrogen (secondary N) is 1. The highest BCUT2D eigenvalue weighted by Gasteiger charge is 2.21. The zero-order valence-electron chi connectivity index (χ0n) is 16.7. The lowest BCUT2D eigenvalue weighted by molar-refractivity contribution is 0.181. The van der Waals surface area contributed by atoms with Gasteiger partial charge in [-0.15, -0.1) is 0 Å². The summed E-state index contributed by atoms with van der Waals surface area (Å²) < 4.78 is 10.6. The Bertz CT molecular complexity index is 935. The molecular formula is C20H24ClN5O2. The summed E-state index contributed by atoms with van der Waals surface area (Å²) in [7, 11) is 1.65. The first-order valence-electron chi connectivity index (χ1n) is 8.99. The van der Waals surface area contributed by atoms with Gasteiger partial charge in [-0.3, -0.25) is 0 Å². The highest BCUT2D eigenvalue weighted by molar-refractivity contribution is 6.30. The molecule has 0 aliphatic rings. The van der Waals surface area contributed by atoms with Gasteiger partial charge in [-0.25, -0.2) is 9.97 Å². The molecule has 0 saturated heterocycles. The Balaban J connectivity index is 1.82. The van der Waals surface area contributed by atoms with Crippen LogP contribution in [-0.4, -0.2) is 27.2 Å². The molecule has 0 aliphatic carbocycles. The Labute approximate surface area is 169 Å². The number of hydrogen-bond acceptors (Lipinski definition) is 7. The molecule has 0 bridgehead atoms. The molecule has 8 heteroatoms. The van der Waals surface area contributed by atoms with Gasteiger partial charge < -0.3 is 14.6 Å². The summed E-state index contributed by atoms with van der Waals surface area (Å²) in [4.78, 5) is 13.7. The van der Waals surface area contributed by atoms with Crippen LogP contribution in [0.2, 0.25) is 5.02 Å². The highest BCUT2D eigenvalue weighted by atomic mass is 35.5. The molecule has 0 aliphatic heterocycles. The third-order valence-electron chi connectivity index (χ3n) is 4.03. The largest absolute Gasteiger partial charge is 0.378 e. The maximum atomic E-state index is 5.93. The van der Waals surface area contributed by atoms with Crippen LogP contribution in [0.15, 0.2) is 34.9 Å². The first-order chi connectivity index (χ1) is 13.3. The molecular weight excluding hydrogens is 378 g/mol. The molecule has 0 spiro atoms. The van der Waals surface area contributed by atoms with Crippen molar-refractivity contribution in [2.45, 2.75) is 45.8 Å². The molecule has 0 fully saturated rings. The number of hydrogen-bond donors (Lipinski definition) is 1. The minimum atomic E-state index is -0.206. The maximum Gasteiger partial charge on any atom is 0.257 e. The van der Waals surface area contributed by atoms with Crippen LogP contribution in [-0.2, 0) is 16.8 Å². The topological polar surface area (TPSA) is 86.0 Å². The van der Waals surface area contributed by atoms with Crippen molar-refractivity contribution in [2.24, 2.45) is 0 Å². The predicted molar refractivity (Wildman–Crippen MR) is 108 cm³/mol. The number of methoxy groups -OCH3 is 1. The standard InChI is InChI=1S/C20H24ClN5O2/c1-12(17-25-18(28-26-17)13-6-8-14(21)9-7-13)22-16-10-15(11-27-5)23-19(24-16)20(2,3)4/h6-10,12H,11H2,1-5H3,(H,22,23,24). The van der Waals surface area contributed by atoms with Crippen LogP contribution in [0.25, 0.3) is 11.5 Å². The summed E-state index contributed by atoms with van der Waals surface area (Å²) in [5.41, 5.74) is 1.44. The van der Waals surface area contributed by atoms with Crippen LogP contribution in [0, 0.1) is 0 Å². The van der Waals surface area contributed by atoms with Gasteiger partial charge in [0.1, 0.15) is 11.6 Å². The van der Waals surface area contributed by atoms with Crippen molar-refractivity contribution in [2.75, 3.05) is 12.4 Å². The van der Waals surface area contributed by atoms with Crippen LogP contribution in [0.1, 0.15) is 51.1 Å². The maximum absolute atomic E-state index is 5.93. The van der Waals surface area contributed by atoms with Gasteiger partial charge in [0, 0.05) is 29.2 Å².